The molecule has 0 N–H and O–H groups in total. The van der Waals surface area contributed by atoms with Gasteiger partial charge in [-0.3, -0.25) is 0 Å². The highest BCUT2D eigenvalue weighted by molar-refractivity contribution is 7.12. The molecule has 0 fully saturated rings. The van der Waals surface area contributed by atoms with E-state index < -0.39 is 0 Å². The standard InChI is InChI=1S/C14H13ClN2OS/c1-2-5-11-13(8-16)19-14(17-11)9-18-12-7-4-3-6-10(12)15/h3-4,6-7H,2,5,9H2,1H3. The molecule has 98 valence electrons. The summed E-state index contributed by atoms with van der Waals surface area (Å²) in [6, 6.07) is 9.50. The lowest BCUT2D eigenvalue weighted by Crippen LogP contribution is -1.96. The van der Waals surface area contributed by atoms with Crippen molar-refractivity contribution in [2.45, 2.75) is 26.4 Å². The largest absolute Gasteiger partial charge is 0.485 e. The topological polar surface area (TPSA) is 45.9 Å². The number of thiazole rings is 1. The molecular weight excluding hydrogens is 280 g/mol. The van der Waals surface area contributed by atoms with Gasteiger partial charge in [0.2, 0.25) is 0 Å². The molecule has 3 nitrogen and oxygen atoms in total. The van der Waals surface area contributed by atoms with E-state index in [-0.39, 0.29) is 0 Å². The fourth-order valence-corrected chi connectivity index (χ4v) is 2.67. The van der Waals surface area contributed by atoms with Crippen LogP contribution >= 0.6 is 22.9 Å². The zero-order valence-corrected chi connectivity index (χ0v) is 12.1. The van der Waals surface area contributed by atoms with Crippen molar-refractivity contribution in [2.75, 3.05) is 0 Å². The predicted octanol–water partition coefficient (Wildman–Crippen LogP) is 4.20. The molecule has 1 aromatic heterocycles. The lowest BCUT2D eigenvalue weighted by atomic mass is 10.2. The number of aryl methyl sites for hydroxylation is 1. The SMILES string of the molecule is CCCc1nc(COc2ccccc2Cl)sc1C#N. The second-order valence-corrected chi connectivity index (χ2v) is 5.46. The summed E-state index contributed by atoms with van der Waals surface area (Å²) in [6.07, 6.45) is 1.80. The third-order valence-electron chi connectivity index (χ3n) is 2.52. The van der Waals surface area contributed by atoms with Gasteiger partial charge >= 0.3 is 0 Å². The van der Waals surface area contributed by atoms with E-state index in [2.05, 4.69) is 18.0 Å². The quantitative estimate of drug-likeness (QED) is 0.829. The maximum absolute atomic E-state index is 9.05. The Bertz CT molecular complexity index is 604. The van der Waals surface area contributed by atoms with Crippen LogP contribution in [-0.4, -0.2) is 4.98 Å². The van der Waals surface area contributed by atoms with Crippen molar-refractivity contribution >= 4 is 22.9 Å². The molecular formula is C14H13ClN2OS. The first-order valence-electron chi connectivity index (χ1n) is 6.00. The van der Waals surface area contributed by atoms with Gasteiger partial charge in [-0.15, -0.1) is 11.3 Å². The third kappa shape index (κ3) is 3.46. The molecule has 0 bridgehead atoms. The van der Waals surface area contributed by atoms with Crippen LogP contribution in [0.2, 0.25) is 5.02 Å². The summed E-state index contributed by atoms with van der Waals surface area (Å²) in [5, 5.41) is 10.4. The van der Waals surface area contributed by atoms with Crippen molar-refractivity contribution in [1.29, 1.82) is 5.26 Å². The Morgan fingerprint density at radius 1 is 1.42 bits per heavy atom. The number of halogens is 1. The fraction of sp³-hybridized carbons (Fsp3) is 0.286. The second-order valence-electron chi connectivity index (χ2n) is 3.96. The van der Waals surface area contributed by atoms with E-state index in [0.717, 1.165) is 23.5 Å². The molecule has 19 heavy (non-hydrogen) atoms. The highest BCUT2D eigenvalue weighted by Gasteiger charge is 2.11. The number of aromatic nitrogens is 1. The van der Waals surface area contributed by atoms with Gasteiger partial charge in [0.1, 0.15) is 28.3 Å². The van der Waals surface area contributed by atoms with Gasteiger partial charge in [0.05, 0.1) is 10.7 Å². The Kier molecular flexibility index (Phi) is 4.78. The molecule has 0 unspecified atom stereocenters. The molecule has 0 saturated heterocycles. The van der Waals surface area contributed by atoms with E-state index in [4.69, 9.17) is 21.6 Å². The summed E-state index contributed by atoms with van der Waals surface area (Å²) in [5.74, 6) is 0.634. The smallest absolute Gasteiger partial charge is 0.140 e. The zero-order chi connectivity index (χ0) is 13.7. The molecule has 1 heterocycles. The molecule has 0 saturated carbocycles. The van der Waals surface area contributed by atoms with Crippen LogP contribution in [0.4, 0.5) is 0 Å². The van der Waals surface area contributed by atoms with Crippen LogP contribution in [0.25, 0.3) is 0 Å². The number of ether oxygens (including phenoxy) is 1. The van der Waals surface area contributed by atoms with Crippen LogP contribution in [-0.2, 0) is 13.0 Å². The maximum atomic E-state index is 9.05. The van der Waals surface area contributed by atoms with E-state index in [9.17, 15) is 0 Å². The van der Waals surface area contributed by atoms with Crippen LogP contribution in [0.5, 0.6) is 5.75 Å². The van der Waals surface area contributed by atoms with E-state index >= 15 is 0 Å². The number of rotatable bonds is 5. The monoisotopic (exact) mass is 292 g/mol. The first kappa shape index (κ1) is 13.9. The minimum atomic E-state index is 0.340. The molecule has 0 aliphatic carbocycles. The van der Waals surface area contributed by atoms with Gasteiger partial charge < -0.3 is 4.74 Å². The van der Waals surface area contributed by atoms with Gasteiger partial charge in [0, 0.05) is 0 Å². The van der Waals surface area contributed by atoms with Gasteiger partial charge in [-0.25, -0.2) is 4.98 Å². The lowest BCUT2D eigenvalue weighted by molar-refractivity contribution is 0.305. The molecule has 2 rings (SSSR count). The summed E-state index contributed by atoms with van der Waals surface area (Å²) < 4.78 is 5.62. The summed E-state index contributed by atoms with van der Waals surface area (Å²) in [4.78, 5) is 5.12. The molecule has 0 amide bonds. The van der Waals surface area contributed by atoms with Crippen molar-refractivity contribution < 1.29 is 4.74 Å². The first-order valence-corrected chi connectivity index (χ1v) is 7.20. The average Bonchev–Trinajstić information content (AvgIpc) is 2.81. The summed E-state index contributed by atoms with van der Waals surface area (Å²) in [6.45, 7) is 2.41. The van der Waals surface area contributed by atoms with Gasteiger partial charge in [-0.2, -0.15) is 5.26 Å². The molecule has 0 aliphatic heterocycles. The van der Waals surface area contributed by atoms with Gasteiger partial charge in [0.25, 0.3) is 0 Å². The maximum Gasteiger partial charge on any atom is 0.140 e. The highest BCUT2D eigenvalue weighted by atomic mass is 35.5. The molecule has 0 spiro atoms. The Balaban J connectivity index is 2.08. The lowest BCUT2D eigenvalue weighted by Gasteiger charge is -2.05. The number of para-hydroxylation sites is 1. The molecule has 5 heteroatoms. The second kappa shape index (κ2) is 6.55. The molecule has 2 aromatic rings. The van der Waals surface area contributed by atoms with E-state index in [1.54, 1.807) is 6.07 Å². The average molecular weight is 293 g/mol. The van der Waals surface area contributed by atoms with Crippen molar-refractivity contribution in [3.05, 3.63) is 44.9 Å². The van der Waals surface area contributed by atoms with Crippen molar-refractivity contribution in [1.82, 2.24) is 4.98 Å². The Hall–Kier alpha value is -1.57. The van der Waals surface area contributed by atoms with E-state index in [1.165, 1.54) is 11.3 Å². The van der Waals surface area contributed by atoms with Gasteiger partial charge in [0.15, 0.2) is 0 Å². The zero-order valence-electron chi connectivity index (χ0n) is 10.5. The molecule has 0 aliphatic rings. The first-order chi connectivity index (χ1) is 9.24. The Morgan fingerprint density at radius 2 is 2.21 bits per heavy atom. The van der Waals surface area contributed by atoms with E-state index in [0.29, 0.717) is 22.3 Å². The van der Waals surface area contributed by atoms with Gasteiger partial charge in [-0.05, 0) is 18.6 Å². The number of benzene rings is 1. The highest BCUT2D eigenvalue weighted by Crippen LogP contribution is 2.25. The van der Waals surface area contributed by atoms with Crippen LogP contribution in [0.15, 0.2) is 24.3 Å². The third-order valence-corrected chi connectivity index (χ3v) is 3.81. The number of hydrogen-bond acceptors (Lipinski definition) is 4. The van der Waals surface area contributed by atoms with Crippen LogP contribution in [0, 0.1) is 11.3 Å². The summed E-state index contributed by atoms with van der Waals surface area (Å²) in [5.41, 5.74) is 0.868. The van der Waals surface area contributed by atoms with Gasteiger partial charge in [-0.1, -0.05) is 37.1 Å². The minimum absolute atomic E-state index is 0.340. The van der Waals surface area contributed by atoms with Crippen molar-refractivity contribution in [3.8, 4) is 11.8 Å². The summed E-state index contributed by atoms with van der Waals surface area (Å²) in [7, 11) is 0. The van der Waals surface area contributed by atoms with Crippen LogP contribution < -0.4 is 4.74 Å². The summed E-state index contributed by atoms with van der Waals surface area (Å²) >= 11 is 7.39. The minimum Gasteiger partial charge on any atom is -0.485 e. The molecule has 1 aromatic carbocycles. The van der Waals surface area contributed by atoms with Crippen molar-refractivity contribution in [3.63, 3.8) is 0 Å². The van der Waals surface area contributed by atoms with Crippen molar-refractivity contribution in [2.24, 2.45) is 0 Å². The Labute approximate surface area is 121 Å². The Morgan fingerprint density at radius 3 is 2.89 bits per heavy atom. The fourth-order valence-electron chi connectivity index (χ4n) is 1.66. The van der Waals surface area contributed by atoms with E-state index in [1.807, 2.05) is 18.2 Å². The normalized spacial score (nSPS) is 10.2. The predicted molar refractivity (Wildman–Crippen MR) is 76.6 cm³/mol. The van der Waals surface area contributed by atoms with Crippen LogP contribution in [0.1, 0.15) is 28.9 Å². The number of hydrogen-bond donors (Lipinski definition) is 0. The number of nitrogens with zero attached hydrogens (tertiary/aromatic N) is 2. The molecule has 0 atom stereocenters. The van der Waals surface area contributed by atoms with Crippen LogP contribution in [0.3, 0.4) is 0 Å². The number of nitriles is 1. The molecule has 0 radical (unpaired) electrons.